The van der Waals surface area contributed by atoms with Gasteiger partial charge in [0.2, 0.25) is 59.1 Å². The summed E-state index contributed by atoms with van der Waals surface area (Å²) in [6, 6.07) is 7.79. The van der Waals surface area contributed by atoms with E-state index in [0.717, 1.165) is 0 Å². The Bertz CT molecular complexity index is 2320. The highest BCUT2D eigenvalue weighted by atomic mass is 16.4. The summed E-state index contributed by atoms with van der Waals surface area (Å²) in [5, 5.41) is 43.2. The van der Waals surface area contributed by atoms with Gasteiger partial charge >= 0.3 is 11.9 Å². The normalized spacial score (nSPS) is 21.4. The fourth-order valence-electron chi connectivity index (χ4n) is 7.43. The van der Waals surface area contributed by atoms with Gasteiger partial charge in [-0.2, -0.15) is 0 Å². The van der Waals surface area contributed by atoms with Crippen molar-refractivity contribution in [3.05, 3.63) is 71.8 Å². The number of guanidine groups is 2. The first-order chi connectivity index (χ1) is 37.1. The lowest BCUT2D eigenvalue weighted by Gasteiger charge is -2.24. The molecule has 30 nitrogen and oxygen atoms in total. The predicted octanol–water partition coefficient (Wildman–Crippen LogP) is -6.30. The number of benzene rings is 2. The van der Waals surface area contributed by atoms with Crippen LogP contribution in [0.4, 0.5) is 0 Å². The van der Waals surface area contributed by atoms with E-state index in [9.17, 15) is 67.7 Å². The molecule has 30 heteroatoms. The monoisotopic (exact) mass is 1090 g/mol. The molecule has 2 aromatic carbocycles. The minimum Gasteiger partial charge on any atom is -0.481 e. The van der Waals surface area contributed by atoms with Crippen LogP contribution in [0.15, 0.2) is 70.6 Å². The third-order valence-electron chi connectivity index (χ3n) is 11.2. The Balaban J connectivity index is 1.98. The van der Waals surface area contributed by atoms with Crippen LogP contribution in [0.5, 0.6) is 0 Å². The number of hydrogen-bond donors (Lipinski definition) is 16. The number of carbonyl (C=O) groups is 12. The number of nitrogens with zero attached hydrogens (tertiary/aromatic N) is 2. The highest BCUT2D eigenvalue weighted by Crippen LogP contribution is 2.09. The first-order valence-electron chi connectivity index (χ1n) is 24.6. The van der Waals surface area contributed by atoms with Crippen molar-refractivity contribution in [2.45, 2.75) is 100 Å². The first-order valence-corrected chi connectivity index (χ1v) is 24.6. The molecule has 0 unspecified atom stereocenters. The van der Waals surface area contributed by atoms with Crippen LogP contribution in [0.2, 0.25) is 0 Å². The van der Waals surface area contributed by atoms with E-state index >= 15 is 0 Å². The summed E-state index contributed by atoms with van der Waals surface area (Å²) in [5.41, 5.74) is 22.9. The fourth-order valence-corrected chi connectivity index (χ4v) is 7.43. The van der Waals surface area contributed by atoms with Crippen molar-refractivity contribution < 1.29 is 67.7 Å². The lowest BCUT2D eigenvalue weighted by molar-refractivity contribution is -0.141. The van der Waals surface area contributed by atoms with Crippen LogP contribution in [0.1, 0.15) is 62.5 Å². The van der Waals surface area contributed by atoms with Crippen molar-refractivity contribution in [2.24, 2.45) is 32.9 Å². The molecule has 0 radical (unpaired) electrons. The number of carbonyl (C=O) groups excluding carboxylic acids is 10. The number of aliphatic carboxylic acids is 2. The zero-order valence-corrected chi connectivity index (χ0v) is 42.5. The van der Waals surface area contributed by atoms with Gasteiger partial charge in [0.1, 0.15) is 36.3 Å². The molecule has 424 valence electrons. The van der Waals surface area contributed by atoms with Gasteiger partial charge in [-0.05, 0) is 36.8 Å². The molecule has 0 aromatic heterocycles. The molecule has 2 aromatic rings. The van der Waals surface area contributed by atoms with Crippen molar-refractivity contribution in [3.8, 4) is 0 Å². The van der Waals surface area contributed by atoms with Crippen molar-refractivity contribution >= 4 is 82.9 Å². The Morgan fingerprint density at radius 1 is 0.436 bits per heavy atom. The molecular weight excluding hydrogens is 1020 g/mol. The van der Waals surface area contributed by atoms with Crippen LogP contribution in [0.25, 0.3) is 0 Å². The summed E-state index contributed by atoms with van der Waals surface area (Å²) >= 11 is 0. The van der Waals surface area contributed by atoms with Gasteiger partial charge in [0.15, 0.2) is 11.9 Å². The van der Waals surface area contributed by atoms with E-state index in [1.807, 2.05) is 0 Å². The minimum absolute atomic E-state index is 0.00719. The van der Waals surface area contributed by atoms with E-state index in [0.29, 0.717) is 11.1 Å². The van der Waals surface area contributed by atoms with Crippen LogP contribution in [-0.4, -0.2) is 169 Å². The Morgan fingerprint density at radius 3 is 1.10 bits per heavy atom. The summed E-state index contributed by atoms with van der Waals surface area (Å²) in [4.78, 5) is 166. The Hall–Kier alpha value is -9.38. The zero-order valence-electron chi connectivity index (χ0n) is 42.5. The molecular formula is C48H68N16O14. The topological polar surface area (TPSA) is 494 Å². The first kappa shape index (κ1) is 62.9. The maximum Gasteiger partial charge on any atom is 0.305 e. The summed E-state index contributed by atoms with van der Waals surface area (Å²) in [6.45, 7) is -2.52. The molecule has 1 saturated heterocycles. The number of carboxylic acids is 2. The average Bonchev–Trinajstić information content (AvgIpc) is 3.37. The van der Waals surface area contributed by atoms with Gasteiger partial charge in [-0.3, -0.25) is 67.5 Å². The summed E-state index contributed by atoms with van der Waals surface area (Å²) in [6.07, 6.45) is -3.09. The Labute approximate surface area is 447 Å². The van der Waals surface area contributed by atoms with E-state index < -0.39 is 159 Å². The molecule has 3 rings (SSSR count). The second kappa shape index (κ2) is 33.5. The third-order valence-corrected chi connectivity index (χ3v) is 11.2. The number of nitrogens with one attached hydrogen (secondary N) is 10. The van der Waals surface area contributed by atoms with Gasteiger partial charge in [-0.15, -0.1) is 0 Å². The second-order valence-corrected chi connectivity index (χ2v) is 17.6. The van der Waals surface area contributed by atoms with Gasteiger partial charge < -0.3 is 86.3 Å². The van der Waals surface area contributed by atoms with E-state index in [1.165, 1.54) is 0 Å². The lowest BCUT2D eigenvalue weighted by atomic mass is 10.0. The summed E-state index contributed by atoms with van der Waals surface area (Å²) in [7, 11) is 0. The molecule has 10 amide bonds. The van der Waals surface area contributed by atoms with Gasteiger partial charge in [0.25, 0.3) is 0 Å². The highest BCUT2D eigenvalue weighted by Gasteiger charge is 2.31. The van der Waals surface area contributed by atoms with E-state index in [2.05, 4.69) is 63.2 Å². The van der Waals surface area contributed by atoms with Crippen LogP contribution in [-0.2, 0) is 70.4 Å². The molecule has 1 aliphatic rings. The molecule has 78 heavy (non-hydrogen) atoms. The minimum atomic E-state index is -1.72. The summed E-state index contributed by atoms with van der Waals surface area (Å²) in [5.74, 6) is -12.8. The van der Waals surface area contributed by atoms with Gasteiger partial charge in [0, 0.05) is 51.9 Å². The van der Waals surface area contributed by atoms with E-state index in [4.69, 9.17) is 22.9 Å². The fraction of sp³-hybridized carbons (Fsp3) is 0.458. The molecule has 0 saturated carbocycles. The van der Waals surface area contributed by atoms with E-state index in [1.54, 1.807) is 60.7 Å². The molecule has 0 spiro atoms. The standard InChI is InChI=1S/C48H68N16O14/c49-47(50)55-17-7-13-29-41(73)57-25-37(67)62-34(24-40(71)72)44(76)54-20-16-36(66)60-32(22-28-11-5-2-6-12-28)46(78)64-30(14-8-18-56-48(51)52)42(74)58-26-38(68)61-33(23-39(69)70)43(75)53-19-15-35(65)59-31(45(77)63-29)21-27-9-3-1-4-10-27/h1-6,9-12,29-34H,7-8,13-26H2,(H,53,75)(H,54,76)(H,57,73)(H,58,74)(H,59,65)(H,60,66)(H,61,68)(H,62,67)(H,63,77)(H,64,78)(H,69,70)(H,71,72)(H4,49,50,55)(H4,51,52,56)/t29-,30-,31-,32-,33-,34-/m0/s1. The largest absolute Gasteiger partial charge is 0.481 e. The maximum absolute atomic E-state index is 14.0. The van der Waals surface area contributed by atoms with Gasteiger partial charge in [0.05, 0.1) is 25.9 Å². The molecule has 1 heterocycles. The van der Waals surface area contributed by atoms with Crippen LogP contribution in [0, 0.1) is 0 Å². The SMILES string of the molecule is NC(N)=NCCC[C@@H]1NC(=O)[C@H](Cc2ccccc2)NC(=O)CCNC(=O)[C@H](CC(=O)O)NC(=O)CNC(=O)[C@H](CCCN=C(N)N)NC(=O)[C@H](Cc2ccccc2)NC(=O)CCNC(=O)[C@H](CC(=O)O)NC(=O)CNC1=O. The van der Waals surface area contributed by atoms with Crippen LogP contribution >= 0.6 is 0 Å². The number of carboxylic acid groups (broad SMARTS) is 2. The van der Waals surface area contributed by atoms with Crippen LogP contribution in [0.3, 0.4) is 0 Å². The smallest absolute Gasteiger partial charge is 0.305 e. The van der Waals surface area contributed by atoms with Crippen molar-refractivity contribution in [1.82, 2.24) is 53.2 Å². The maximum atomic E-state index is 14.0. The van der Waals surface area contributed by atoms with Crippen molar-refractivity contribution in [1.29, 1.82) is 0 Å². The molecule has 1 aliphatic heterocycles. The molecule has 0 bridgehead atoms. The van der Waals surface area contributed by atoms with Crippen LogP contribution < -0.4 is 76.1 Å². The number of aliphatic imine (C=N–C) groups is 2. The second-order valence-electron chi connectivity index (χ2n) is 17.6. The Morgan fingerprint density at radius 2 is 0.769 bits per heavy atom. The number of amides is 10. The quantitative estimate of drug-likeness (QED) is 0.0422. The molecule has 20 N–H and O–H groups in total. The van der Waals surface area contributed by atoms with Gasteiger partial charge in [-0.1, -0.05) is 60.7 Å². The third kappa shape index (κ3) is 25.2. The Kier molecular flexibility index (Phi) is 27.0. The highest BCUT2D eigenvalue weighted by molar-refractivity contribution is 5.97. The van der Waals surface area contributed by atoms with Crippen molar-refractivity contribution in [3.63, 3.8) is 0 Å². The number of hydrogen-bond acceptors (Lipinski definition) is 14. The predicted molar refractivity (Wildman–Crippen MR) is 277 cm³/mol. The van der Waals surface area contributed by atoms with Gasteiger partial charge in [-0.25, -0.2) is 0 Å². The number of rotatable bonds is 16. The number of nitrogens with two attached hydrogens (primary N) is 4. The summed E-state index contributed by atoms with van der Waals surface area (Å²) < 4.78 is 0. The van der Waals surface area contributed by atoms with E-state index in [-0.39, 0.29) is 63.5 Å². The lowest BCUT2D eigenvalue weighted by Crippen LogP contribution is -2.56. The molecule has 1 fully saturated rings. The molecule has 0 aliphatic carbocycles. The van der Waals surface area contributed by atoms with Crippen molar-refractivity contribution in [2.75, 3.05) is 39.3 Å². The zero-order chi connectivity index (χ0) is 57.6. The average molecular weight is 1090 g/mol. The molecule has 6 atom stereocenters.